The van der Waals surface area contributed by atoms with Crippen molar-refractivity contribution in [2.45, 2.75) is 18.6 Å². The first-order valence-electron chi connectivity index (χ1n) is 11.2. The normalized spacial score (nSPS) is 12.2. The largest absolute Gasteiger partial charge is 0.459 e. The minimum Gasteiger partial charge on any atom is -0.302 e. The standard InChI is InChI=1S/C25H14Cl2F6N6O/c26-16-4-2-1-3-14(16)11-38-12-17(27)22(37-38)35-23(40)19-10-21-34-18(13-5-7-15(28)8-6-13)9-20(39(21)36-19)24(29,30)25(31,32)33/h1-10,12H,11H2,(H,35,37,40). The summed E-state index contributed by atoms with van der Waals surface area (Å²) in [6.45, 7) is 0.204. The van der Waals surface area contributed by atoms with E-state index in [1.54, 1.807) is 24.3 Å². The van der Waals surface area contributed by atoms with Gasteiger partial charge < -0.3 is 5.32 Å². The number of alkyl halides is 5. The molecule has 0 fully saturated rings. The lowest BCUT2D eigenvalue weighted by molar-refractivity contribution is -0.291. The van der Waals surface area contributed by atoms with E-state index in [9.17, 15) is 31.1 Å². The molecule has 3 heterocycles. The van der Waals surface area contributed by atoms with Crippen molar-refractivity contribution < 1.29 is 31.1 Å². The number of rotatable bonds is 6. The molecule has 206 valence electrons. The van der Waals surface area contributed by atoms with Crippen LogP contribution in [0.15, 0.2) is 66.9 Å². The molecule has 0 spiro atoms. The first-order chi connectivity index (χ1) is 18.8. The molecule has 1 amide bonds. The molecular weight excluding hydrogens is 585 g/mol. The second-order valence-corrected chi connectivity index (χ2v) is 9.29. The van der Waals surface area contributed by atoms with Crippen LogP contribution >= 0.6 is 23.2 Å². The number of amides is 1. The van der Waals surface area contributed by atoms with E-state index in [2.05, 4.69) is 20.5 Å². The van der Waals surface area contributed by atoms with Crippen molar-refractivity contribution in [2.75, 3.05) is 5.32 Å². The molecule has 5 aromatic rings. The maximum atomic E-state index is 14.6. The minimum absolute atomic E-state index is 0.0187. The summed E-state index contributed by atoms with van der Waals surface area (Å²) < 4.78 is 84.1. The molecule has 0 unspecified atom stereocenters. The van der Waals surface area contributed by atoms with Crippen molar-refractivity contribution in [1.29, 1.82) is 0 Å². The summed E-state index contributed by atoms with van der Waals surface area (Å²) in [7, 11) is 0. The van der Waals surface area contributed by atoms with Crippen molar-refractivity contribution in [3.05, 3.63) is 99.7 Å². The molecule has 0 saturated heterocycles. The summed E-state index contributed by atoms with van der Waals surface area (Å²) in [5.41, 5.74) is -2.17. The average Bonchev–Trinajstić information content (AvgIpc) is 3.47. The molecule has 2 aromatic carbocycles. The Kier molecular flexibility index (Phi) is 6.96. The van der Waals surface area contributed by atoms with Gasteiger partial charge in [0.05, 0.1) is 12.2 Å². The van der Waals surface area contributed by atoms with E-state index in [0.717, 1.165) is 30.3 Å². The third-order valence-corrected chi connectivity index (χ3v) is 6.36. The van der Waals surface area contributed by atoms with Crippen molar-refractivity contribution in [3.8, 4) is 11.3 Å². The lowest BCUT2D eigenvalue weighted by Gasteiger charge is -2.21. The van der Waals surface area contributed by atoms with Crippen LogP contribution in [0.4, 0.5) is 32.2 Å². The van der Waals surface area contributed by atoms with Gasteiger partial charge >= 0.3 is 12.1 Å². The van der Waals surface area contributed by atoms with E-state index in [4.69, 9.17) is 23.2 Å². The number of benzene rings is 2. The van der Waals surface area contributed by atoms with Crippen molar-refractivity contribution in [2.24, 2.45) is 0 Å². The highest BCUT2D eigenvalue weighted by atomic mass is 35.5. The third-order valence-electron chi connectivity index (χ3n) is 5.72. The molecule has 0 radical (unpaired) electrons. The Bertz CT molecular complexity index is 1730. The number of nitrogens with zero attached hydrogens (tertiary/aromatic N) is 5. The van der Waals surface area contributed by atoms with E-state index < -0.39 is 40.9 Å². The van der Waals surface area contributed by atoms with Gasteiger partial charge in [-0.3, -0.25) is 9.48 Å². The van der Waals surface area contributed by atoms with Crippen molar-refractivity contribution in [1.82, 2.24) is 24.4 Å². The molecule has 0 aliphatic carbocycles. The maximum absolute atomic E-state index is 14.6. The number of halogens is 8. The van der Waals surface area contributed by atoms with Gasteiger partial charge in [0.2, 0.25) is 0 Å². The summed E-state index contributed by atoms with van der Waals surface area (Å²) in [5.74, 6) is -7.14. The smallest absolute Gasteiger partial charge is 0.302 e. The lowest BCUT2D eigenvalue weighted by atomic mass is 10.1. The van der Waals surface area contributed by atoms with Gasteiger partial charge in [0.15, 0.2) is 17.2 Å². The number of nitrogens with one attached hydrogen (secondary N) is 1. The van der Waals surface area contributed by atoms with Gasteiger partial charge in [-0.15, -0.1) is 0 Å². The van der Waals surface area contributed by atoms with E-state index in [1.807, 2.05) is 0 Å². The molecule has 40 heavy (non-hydrogen) atoms. The van der Waals surface area contributed by atoms with Crippen LogP contribution in [0.3, 0.4) is 0 Å². The zero-order valence-electron chi connectivity index (χ0n) is 19.7. The summed E-state index contributed by atoms with van der Waals surface area (Å²) in [5, 5.41) is 10.7. The van der Waals surface area contributed by atoms with Crippen LogP contribution in [0.5, 0.6) is 0 Å². The fourth-order valence-corrected chi connectivity index (χ4v) is 4.15. The Balaban J connectivity index is 1.51. The maximum Gasteiger partial charge on any atom is 0.459 e. The molecule has 15 heteroatoms. The SMILES string of the molecule is O=C(Nc1nn(Cc2ccccc2Cl)cc1Cl)c1cc2nc(-c3ccc(F)cc3)cc(C(F)(F)C(F)(F)F)n2n1. The fraction of sp³-hybridized carbons (Fsp3) is 0.120. The molecule has 0 bridgehead atoms. The predicted molar refractivity (Wildman–Crippen MR) is 134 cm³/mol. The average molecular weight is 599 g/mol. The predicted octanol–water partition coefficient (Wildman–Crippen LogP) is 6.99. The first-order valence-corrected chi connectivity index (χ1v) is 12.0. The van der Waals surface area contributed by atoms with Crippen LogP contribution in [-0.4, -0.2) is 36.5 Å². The van der Waals surface area contributed by atoms with Crippen LogP contribution in [0.2, 0.25) is 10.0 Å². The van der Waals surface area contributed by atoms with Gasteiger partial charge in [-0.25, -0.2) is 13.9 Å². The lowest BCUT2D eigenvalue weighted by Crippen LogP contribution is -2.36. The number of carbonyl (C=O) groups is 1. The topological polar surface area (TPSA) is 77.1 Å². The highest BCUT2D eigenvalue weighted by molar-refractivity contribution is 6.33. The molecule has 0 aliphatic heterocycles. The zero-order valence-corrected chi connectivity index (χ0v) is 21.2. The number of aromatic nitrogens is 5. The number of hydrogen-bond donors (Lipinski definition) is 1. The monoisotopic (exact) mass is 598 g/mol. The first kappa shape index (κ1) is 27.5. The second kappa shape index (κ2) is 10.1. The van der Waals surface area contributed by atoms with Gasteiger partial charge in [0.25, 0.3) is 5.91 Å². The van der Waals surface area contributed by atoms with Crippen molar-refractivity contribution >= 4 is 40.6 Å². The number of fused-ring (bicyclic) bond motifs is 1. The van der Waals surface area contributed by atoms with Crippen LogP contribution in [0.25, 0.3) is 16.9 Å². The number of carbonyl (C=O) groups excluding carboxylic acids is 1. The molecule has 5 rings (SSSR count). The van der Waals surface area contributed by atoms with Gasteiger partial charge in [-0.05, 0) is 42.0 Å². The Hall–Kier alpha value is -4.10. The van der Waals surface area contributed by atoms with E-state index in [0.29, 0.717) is 16.7 Å². The van der Waals surface area contributed by atoms with Gasteiger partial charge in [0.1, 0.15) is 16.5 Å². The van der Waals surface area contributed by atoms with Crippen LogP contribution in [0.1, 0.15) is 21.7 Å². The van der Waals surface area contributed by atoms with Gasteiger partial charge in [0, 0.05) is 22.8 Å². The van der Waals surface area contributed by atoms with Crippen LogP contribution in [-0.2, 0) is 12.5 Å². The van der Waals surface area contributed by atoms with E-state index >= 15 is 0 Å². The van der Waals surface area contributed by atoms with Crippen LogP contribution < -0.4 is 5.32 Å². The summed E-state index contributed by atoms with van der Waals surface area (Å²) in [6.07, 6.45) is -4.58. The second-order valence-electron chi connectivity index (χ2n) is 8.47. The quantitative estimate of drug-likeness (QED) is 0.214. The highest BCUT2D eigenvalue weighted by Gasteiger charge is 2.60. The zero-order chi connectivity index (χ0) is 28.8. The molecule has 0 saturated carbocycles. The molecule has 7 nitrogen and oxygen atoms in total. The van der Waals surface area contributed by atoms with E-state index in [1.165, 1.54) is 10.9 Å². The number of hydrogen-bond acceptors (Lipinski definition) is 4. The molecule has 1 N–H and O–H groups in total. The minimum atomic E-state index is -5.99. The Labute approximate surface area is 231 Å². The summed E-state index contributed by atoms with van der Waals surface area (Å²) >= 11 is 12.3. The van der Waals surface area contributed by atoms with Crippen LogP contribution in [0, 0.1) is 5.82 Å². The number of anilines is 1. The highest BCUT2D eigenvalue weighted by Crippen LogP contribution is 2.44. The Morgan fingerprint density at radius 2 is 1.62 bits per heavy atom. The summed E-state index contributed by atoms with van der Waals surface area (Å²) in [4.78, 5) is 17.0. The fourth-order valence-electron chi connectivity index (χ4n) is 3.76. The van der Waals surface area contributed by atoms with Crippen molar-refractivity contribution in [3.63, 3.8) is 0 Å². The third kappa shape index (κ3) is 5.21. The van der Waals surface area contributed by atoms with Gasteiger partial charge in [-0.2, -0.15) is 32.1 Å². The molecule has 0 aliphatic rings. The molecular formula is C25H14Cl2F6N6O. The Morgan fingerprint density at radius 3 is 2.30 bits per heavy atom. The molecule has 0 atom stereocenters. The molecule has 3 aromatic heterocycles. The Morgan fingerprint density at radius 1 is 0.925 bits per heavy atom. The van der Waals surface area contributed by atoms with Gasteiger partial charge in [-0.1, -0.05) is 41.4 Å². The van der Waals surface area contributed by atoms with E-state index in [-0.39, 0.29) is 33.2 Å². The summed E-state index contributed by atoms with van der Waals surface area (Å²) in [6, 6.07) is 12.7.